The second-order valence-electron chi connectivity index (χ2n) is 3.13. The molecule has 0 bridgehead atoms. The molecule has 0 aromatic carbocycles. The minimum absolute atomic E-state index is 0.885. The molecule has 0 radical (unpaired) electrons. The van der Waals surface area contributed by atoms with Crippen LogP contribution in [0.5, 0.6) is 0 Å². The fourth-order valence-corrected chi connectivity index (χ4v) is 1.23. The fraction of sp³-hybridized carbons (Fsp3) is 0.636. The van der Waals surface area contributed by atoms with Gasteiger partial charge < -0.3 is 4.74 Å². The standard InChI is InChI=1S/C11H18O/c1-2-3-9-12-10-8-11-6-4-5-7-11/h4,6-7H,2-3,5,8-10H2,1H3. The van der Waals surface area contributed by atoms with Crippen LogP contribution in [0.15, 0.2) is 23.8 Å². The molecule has 0 fully saturated rings. The van der Waals surface area contributed by atoms with Crippen molar-refractivity contribution in [3.05, 3.63) is 23.8 Å². The van der Waals surface area contributed by atoms with Crippen LogP contribution in [-0.4, -0.2) is 13.2 Å². The van der Waals surface area contributed by atoms with Gasteiger partial charge in [0.1, 0.15) is 0 Å². The summed E-state index contributed by atoms with van der Waals surface area (Å²) in [5.41, 5.74) is 1.44. The van der Waals surface area contributed by atoms with Crippen molar-refractivity contribution in [2.24, 2.45) is 0 Å². The summed E-state index contributed by atoms with van der Waals surface area (Å²) >= 11 is 0. The Kier molecular flexibility index (Phi) is 4.77. The lowest BCUT2D eigenvalue weighted by molar-refractivity contribution is 0.134. The molecule has 1 nitrogen and oxygen atoms in total. The van der Waals surface area contributed by atoms with E-state index < -0.39 is 0 Å². The Morgan fingerprint density at radius 1 is 1.42 bits per heavy atom. The molecule has 1 rings (SSSR count). The van der Waals surface area contributed by atoms with Gasteiger partial charge >= 0.3 is 0 Å². The van der Waals surface area contributed by atoms with Crippen LogP contribution in [-0.2, 0) is 4.74 Å². The first-order valence-corrected chi connectivity index (χ1v) is 4.87. The lowest BCUT2D eigenvalue weighted by Gasteiger charge is -2.02. The van der Waals surface area contributed by atoms with Gasteiger partial charge in [-0.3, -0.25) is 0 Å². The number of rotatable bonds is 6. The van der Waals surface area contributed by atoms with Crippen molar-refractivity contribution in [3.8, 4) is 0 Å². The molecule has 0 N–H and O–H groups in total. The average molecular weight is 166 g/mol. The Hall–Kier alpha value is -0.560. The van der Waals surface area contributed by atoms with Gasteiger partial charge in [-0.1, -0.05) is 31.6 Å². The first kappa shape index (κ1) is 9.53. The molecule has 0 amide bonds. The molecule has 0 atom stereocenters. The first-order valence-electron chi connectivity index (χ1n) is 4.87. The molecule has 0 saturated heterocycles. The second kappa shape index (κ2) is 6.01. The predicted octanol–water partition coefficient (Wildman–Crippen LogP) is 3.08. The normalized spacial score (nSPS) is 15.2. The summed E-state index contributed by atoms with van der Waals surface area (Å²) in [5.74, 6) is 0. The van der Waals surface area contributed by atoms with Crippen LogP contribution < -0.4 is 0 Å². The van der Waals surface area contributed by atoms with E-state index in [0.717, 1.165) is 26.1 Å². The zero-order valence-electron chi connectivity index (χ0n) is 7.88. The summed E-state index contributed by atoms with van der Waals surface area (Å²) in [5, 5.41) is 0. The number of allylic oxidation sites excluding steroid dienone is 3. The molecular weight excluding hydrogens is 148 g/mol. The Labute approximate surface area is 75.1 Å². The summed E-state index contributed by atoms with van der Waals surface area (Å²) in [6, 6.07) is 0. The van der Waals surface area contributed by atoms with Gasteiger partial charge in [0.05, 0.1) is 6.61 Å². The summed E-state index contributed by atoms with van der Waals surface area (Å²) in [7, 11) is 0. The van der Waals surface area contributed by atoms with Gasteiger partial charge in [0.25, 0.3) is 0 Å². The molecule has 12 heavy (non-hydrogen) atoms. The maximum Gasteiger partial charge on any atom is 0.0506 e. The molecule has 0 unspecified atom stereocenters. The summed E-state index contributed by atoms with van der Waals surface area (Å²) in [6.07, 6.45) is 11.3. The highest BCUT2D eigenvalue weighted by molar-refractivity contribution is 5.25. The predicted molar refractivity (Wildman–Crippen MR) is 52.2 cm³/mol. The fourth-order valence-electron chi connectivity index (χ4n) is 1.23. The van der Waals surface area contributed by atoms with Gasteiger partial charge in [-0.2, -0.15) is 0 Å². The maximum atomic E-state index is 5.46. The van der Waals surface area contributed by atoms with E-state index in [9.17, 15) is 0 Å². The van der Waals surface area contributed by atoms with E-state index in [4.69, 9.17) is 4.74 Å². The van der Waals surface area contributed by atoms with E-state index in [1.165, 1.54) is 18.4 Å². The lowest BCUT2D eigenvalue weighted by atomic mass is 10.2. The van der Waals surface area contributed by atoms with E-state index in [0.29, 0.717) is 0 Å². The molecule has 1 heteroatoms. The van der Waals surface area contributed by atoms with Crippen molar-refractivity contribution < 1.29 is 4.74 Å². The van der Waals surface area contributed by atoms with Crippen LogP contribution in [0.4, 0.5) is 0 Å². The monoisotopic (exact) mass is 166 g/mol. The van der Waals surface area contributed by atoms with Gasteiger partial charge in [0.15, 0.2) is 0 Å². The zero-order valence-corrected chi connectivity index (χ0v) is 7.88. The molecule has 0 saturated carbocycles. The molecule has 1 aliphatic rings. The summed E-state index contributed by atoms with van der Waals surface area (Å²) in [4.78, 5) is 0. The molecule has 0 aliphatic heterocycles. The van der Waals surface area contributed by atoms with Gasteiger partial charge in [-0.25, -0.2) is 0 Å². The molecule has 68 valence electrons. The van der Waals surface area contributed by atoms with E-state index in [1.807, 2.05) is 0 Å². The van der Waals surface area contributed by atoms with E-state index >= 15 is 0 Å². The van der Waals surface area contributed by atoms with Crippen molar-refractivity contribution >= 4 is 0 Å². The van der Waals surface area contributed by atoms with E-state index in [1.54, 1.807) is 0 Å². The van der Waals surface area contributed by atoms with Crippen LogP contribution >= 0.6 is 0 Å². The SMILES string of the molecule is CCCCOCCC1=CCC=C1. The summed E-state index contributed by atoms with van der Waals surface area (Å²) < 4.78 is 5.46. The Balaban J connectivity index is 1.92. The zero-order chi connectivity index (χ0) is 8.65. The number of hydrogen-bond donors (Lipinski definition) is 0. The van der Waals surface area contributed by atoms with Gasteiger partial charge in [0, 0.05) is 6.61 Å². The molecular formula is C11H18O. The van der Waals surface area contributed by atoms with Gasteiger partial charge in [-0.15, -0.1) is 0 Å². The highest BCUT2D eigenvalue weighted by atomic mass is 16.5. The Morgan fingerprint density at radius 3 is 3.00 bits per heavy atom. The molecule has 0 spiro atoms. The third-order valence-electron chi connectivity index (χ3n) is 2.03. The maximum absolute atomic E-state index is 5.46. The molecule has 0 aromatic heterocycles. The molecule has 0 heterocycles. The summed E-state index contributed by atoms with van der Waals surface area (Å²) in [6.45, 7) is 4.00. The highest BCUT2D eigenvalue weighted by Crippen LogP contribution is 2.12. The Morgan fingerprint density at radius 2 is 2.33 bits per heavy atom. The van der Waals surface area contributed by atoms with Crippen molar-refractivity contribution in [2.45, 2.75) is 32.6 Å². The molecule has 0 aromatic rings. The topological polar surface area (TPSA) is 9.23 Å². The van der Waals surface area contributed by atoms with Crippen molar-refractivity contribution in [3.63, 3.8) is 0 Å². The highest BCUT2D eigenvalue weighted by Gasteiger charge is 1.96. The van der Waals surface area contributed by atoms with Crippen molar-refractivity contribution in [1.82, 2.24) is 0 Å². The van der Waals surface area contributed by atoms with Gasteiger partial charge in [0.2, 0.25) is 0 Å². The second-order valence-corrected chi connectivity index (χ2v) is 3.13. The minimum Gasteiger partial charge on any atom is -0.381 e. The van der Waals surface area contributed by atoms with Crippen molar-refractivity contribution in [1.29, 1.82) is 0 Å². The largest absolute Gasteiger partial charge is 0.381 e. The average Bonchev–Trinajstić information content (AvgIpc) is 2.57. The first-order chi connectivity index (χ1) is 5.93. The van der Waals surface area contributed by atoms with Crippen molar-refractivity contribution in [2.75, 3.05) is 13.2 Å². The van der Waals surface area contributed by atoms with Crippen LogP contribution in [0.2, 0.25) is 0 Å². The third kappa shape index (κ3) is 3.72. The van der Waals surface area contributed by atoms with Crippen LogP contribution in [0.1, 0.15) is 32.6 Å². The molecule has 1 aliphatic carbocycles. The van der Waals surface area contributed by atoms with Gasteiger partial charge in [-0.05, 0) is 24.8 Å². The minimum atomic E-state index is 0.885. The number of hydrogen-bond acceptors (Lipinski definition) is 1. The quantitative estimate of drug-likeness (QED) is 0.551. The lowest BCUT2D eigenvalue weighted by Crippen LogP contribution is -1.96. The van der Waals surface area contributed by atoms with Crippen LogP contribution in [0.3, 0.4) is 0 Å². The Bertz CT molecular complexity index is 168. The number of unbranched alkanes of at least 4 members (excludes halogenated alkanes) is 1. The van der Waals surface area contributed by atoms with E-state index in [2.05, 4.69) is 25.2 Å². The van der Waals surface area contributed by atoms with Crippen LogP contribution in [0.25, 0.3) is 0 Å². The number of ether oxygens (including phenoxy) is 1. The van der Waals surface area contributed by atoms with E-state index in [-0.39, 0.29) is 0 Å². The van der Waals surface area contributed by atoms with Crippen LogP contribution in [0, 0.1) is 0 Å². The smallest absolute Gasteiger partial charge is 0.0506 e. The third-order valence-corrected chi connectivity index (χ3v) is 2.03.